The Labute approximate surface area is 95.8 Å². The second-order valence-electron chi connectivity index (χ2n) is 5.20. The molecule has 1 saturated heterocycles. The summed E-state index contributed by atoms with van der Waals surface area (Å²) in [6.45, 7) is 8.43. The van der Waals surface area contributed by atoms with Gasteiger partial charge in [0.1, 0.15) is 0 Å². The van der Waals surface area contributed by atoms with E-state index in [1.807, 2.05) is 0 Å². The van der Waals surface area contributed by atoms with Gasteiger partial charge < -0.3 is 10.0 Å². The molecule has 1 fully saturated rings. The molecular weight excluding hydrogens is 242 g/mol. The van der Waals surface area contributed by atoms with Crippen molar-refractivity contribution in [3.63, 3.8) is 0 Å². The van der Waals surface area contributed by atoms with Crippen molar-refractivity contribution in [2.45, 2.75) is 26.7 Å². The molecule has 0 aliphatic carbocycles. The fraction of sp³-hybridized carbons (Fsp3) is 1.00. The molecule has 2 nitrogen and oxygen atoms in total. The van der Waals surface area contributed by atoms with Crippen molar-refractivity contribution in [2.24, 2.45) is 11.3 Å². The van der Waals surface area contributed by atoms with Gasteiger partial charge in [-0.25, -0.2) is 0 Å². The minimum absolute atomic E-state index is 0.367. The molecule has 0 radical (unpaired) electrons. The second-order valence-corrected chi connectivity index (χ2v) is 5.76. The minimum atomic E-state index is 0.367. The molecule has 1 aliphatic heterocycles. The van der Waals surface area contributed by atoms with Gasteiger partial charge >= 0.3 is 0 Å². The zero-order chi connectivity index (χ0) is 10.6. The fourth-order valence-electron chi connectivity index (χ4n) is 1.97. The lowest BCUT2D eigenvalue weighted by atomic mass is 9.92. The Morgan fingerprint density at radius 1 is 1.36 bits per heavy atom. The molecule has 0 amide bonds. The van der Waals surface area contributed by atoms with Crippen molar-refractivity contribution in [3.05, 3.63) is 0 Å². The van der Waals surface area contributed by atoms with Crippen LogP contribution >= 0.6 is 15.9 Å². The highest BCUT2D eigenvalue weighted by Crippen LogP contribution is 2.23. The lowest BCUT2D eigenvalue weighted by molar-refractivity contribution is 0.107. The van der Waals surface area contributed by atoms with Crippen LogP contribution in [0.5, 0.6) is 0 Å². The molecule has 0 spiro atoms. The van der Waals surface area contributed by atoms with Crippen LogP contribution in [0.3, 0.4) is 0 Å². The van der Waals surface area contributed by atoms with E-state index in [0.717, 1.165) is 37.8 Å². The van der Waals surface area contributed by atoms with E-state index >= 15 is 0 Å². The van der Waals surface area contributed by atoms with E-state index in [1.54, 1.807) is 0 Å². The van der Waals surface area contributed by atoms with Crippen LogP contribution < -0.4 is 0 Å². The first kappa shape index (κ1) is 12.5. The first-order valence-electron chi connectivity index (χ1n) is 5.46. The largest absolute Gasteiger partial charge is 0.396 e. The number of hydrogen-bond acceptors (Lipinski definition) is 2. The van der Waals surface area contributed by atoms with Crippen molar-refractivity contribution < 1.29 is 5.11 Å². The summed E-state index contributed by atoms with van der Waals surface area (Å²) in [5.74, 6) is 0.554. The smallest absolute Gasteiger partial charge is 0.0460 e. The van der Waals surface area contributed by atoms with E-state index in [-0.39, 0.29) is 0 Å². The lowest BCUT2D eigenvalue weighted by Gasteiger charge is -2.36. The molecule has 3 heteroatoms. The molecule has 0 unspecified atom stereocenters. The molecule has 14 heavy (non-hydrogen) atoms. The Hall–Kier alpha value is 0.400. The number of aliphatic hydroxyl groups is 1. The van der Waals surface area contributed by atoms with Crippen LogP contribution in [0.1, 0.15) is 26.7 Å². The fourth-order valence-corrected chi connectivity index (χ4v) is 2.15. The third-order valence-corrected chi connectivity index (χ3v) is 4.50. The molecular formula is C11H22BrNO. The Bertz CT molecular complexity index is 165. The molecule has 1 aliphatic rings. The van der Waals surface area contributed by atoms with Gasteiger partial charge in [-0.2, -0.15) is 0 Å². The van der Waals surface area contributed by atoms with E-state index in [1.165, 1.54) is 0 Å². The Morgan fingerprint density at radius 3 is 2.36 bits per heavy atom. The number of nitrogens with zero attached hydrogens (tertiary/aromatic N) is 1. The van der Waals surface area contributed by atoms with Crippen LogP contribution in [-0.4, -0.2) is 41.6 Å². The lowest BCUT2D eigenvalue weighted by Crippen LogP contribution is -2.41. The van der Waals surface area contributed by atoms with Gasteiger partial charge in [0.2, 0.25) is 0 Å². The average Bonchev–Trinajstić information content (AvgIpc) is 2.19. The van der Waals surface area contributed by atoms with Gasteiger partial charge in [-0.05, 0) is 37.3 Å². The van der Waals surface area contributed by atoms with Crippen molar-refractivity contribution in [2.75, 3.05) is 31.6 Å². The van der Waals surface area contributed by atoms with Crippen LogP contribution in [-0.2, 0) is 0 Å². The summed E-state index contributed by atoms with van der Waals surface area (Å²) >= 11 is 3.56. The molecule has 1 N–H and O–H groups in total. The maximum Gasteiger partial charge on any atom is 0.0460 e. The number of likely N-dealkylation sites (tertiary alicyclic amines) is 1. The van der Waals surface area contributed by atoms with Gasteiger partial charge in [0, 0.05) is 18.5 Å². The van der Waals surface area contributed by atoms with Gasteiger partial charge in [-0.1, -0.05) is 29.8 Å². The van der Waals surface area contributed by atoms with E-state index in [9.17, 15) is 0 Å². The third-order valence-electron chi connectivity index (χ3n) is 2.98. The summed E-state index contributed by atoms with van der Waals surface area (Å²) in [5.41, 5.74) is 0.367. The molecule has 0 aromatic carbocycles. The predicted molar refractivity (Wildman–Crippen MR) is 63.8 cm³/mol. The average molecular weight is 264 g/mol. The maximum atomic E-state index is 9.03. The summed E-state index contributed by atoms with van der Waals surface area (Å²) in [6, 6.07) is 0. The quantitative estimate of drug-likeness (QED) is 0.786. The van der Waals surface area contributed by atoms with Crippen LogP contribution in [0, 0.1) is 11.3 Å². The summed E-state index contributed by atoms with van der Waals surface area (Å²) in [7, 11) is 0. The number of hydrogen-bond donors (Lipinski definition) is 1. The van der Waals surface area contributed by atoms with E-state index in [4.69, 9.17) is 5.11 Å². The Balaban J connectivity index is 2.28. The van der Waals surface area contributed by atoms with E-state index < -0.39 is 0 Å². The number of piperidine rings is 1. The maximum absolute atomic E-state index is 9.03. The van der Waals surface area contributed by atoms with Gasteiger partial charge in [-0.15, -0.1) is 0 Å². The second kappa shape index (κ2) is 5.47. The monoisotopic (exact) mass is 263 g/mol. The highest BCUT2D eigenvalue weighted by Gasteiger charge is 2.24. The van der Waals surface area contributed by atoms with Crippen molar-refractivity contribution in [1.29, 1.82) is 0 Å². The Morgan fingerprint density at radius 2 is 1.93 bits per heavy atom. The number of halogens is 1. The number of aliphatic hydroxyl groups excluding tert-OH is 1. The third kappa shape index (κ3) is 3.87. The van der Waals surface area contributed by atoms with Gasteiger partial charge in [0.05, 0.1) is 0 Å². The van der Waals surface area contributed by atoms with E-state index in [2.05, 4.69) is 34.7 Å². The van der Waals surface area contributed by atoms with Crippen molar-refractivity contribution >= 4 is 15.9 Å². The molecule has 0 aromatic rings. The summed E-state index contributed by atoms with van der Waals surface area (Å²) in [6.07, 6.45) is 2.32. The molecule has 0 saturated carbocycles. The first-order chi connectivity index (χ1) is 6.57. The molecule has 1 rings (SSSR count). The van der Waals surface area contributed by atoms with Crippen LogP contribution in [0.2, 0.25) is 0 Å². The first-order valence-corrected chi connectivity index (χ1v) is 6.59. The standard InChI is InChI=1S/C11H22BrNO/c1-11(2,8-12)9-13-5-3-10(7-14)4-6-13/h10,14H,3-9H2,1-2H3. The van der Waals surface area contributed by atoms with Crippen molar-refractivity contribution in [3.8, 4) is 0 Å². The molecule has 0 bridgehead atoms. The van der Waals surface area contributed by atoms with E-state index in [0.29, 0.717) is 17.9 Å². The Kier molecular flexibility index (Phi) is 4.88. The summed E-state index contributed by atoms with van der Waals surface area (Å²) in [5, 5.41) is 10.1. The van der Waals surface area contributed by atoms with Crippen molar-refractivity contribution in [1.82, 2.24) is 4.90 Å². The number of alkyl halides is 1. The van der Waals surface area contributed by atoms with Gasteiger partial charge in [-0.3, -0.25) is 0 Å². The number of rotatable bonds is 4. The SMILES string of the molecule is CC(C)(CBr)CN1CCC(CO)CC1. The molecule has 0 atom stereocenters. The van der Waals surface area contributed by atoms with Gasteiger partial charge in [0.25, 0.3) is 0 Å². The summed E-state index contributed by atoms with van der Waals surface area (Å²) in [4.78, 5) is 2.52. The van der Waals surface area contributed by atoms with Crippen LogP contribution in [0.15, 0.2) is 0 Å². The zero-order valence-electron chi connectivity index (χ0n) is 9.30. The summed E-state index contributed by atoms with van der Waals surface area (Å²) < 4.78 is 0. The predicted octanol–water partition coefficient (Wildman–Crippen LogP) is 2.11. The zero-order valence-corrected chi connectivity index (χ0v) is 10.9. The minimum Gasteiger partial charge on any atom is -0.396 e. The van der Waals surface area contributed by atoms with Crippen LogP contribution in [0.25, 0.3) is 0 Å². The van der Waals surface area contributed by atoms with Crippen LogP contribution in [0.4, 0.5) is 0 Å². The highest BCUT2D eigenvalue weighted by atomic mass is 79.9. The topological polar surface area (TPSA) is 23.5 Å². The highest BCUT2D eigenvalue weighted by molar-refractivity contribution is 9.09. The normalized spacial score (nSPS) is 21.4. The molecule has 0 aromatic heterocycles. The molecule has 84 valence electrons. The van der Waals surface area contributed by atoms with Gasteiger partial charge in [0.15, 0.2) is 0 Å². The molecule has 1 heterocycles.